The van der Waals surface area contributed by atoms with Crippen molar-refractivity contribution < 1.29 is 14.0 Å². The van der Waals surface area contributed by atoms with Crippen LogP contribution in [0.3, 0.4) is 0 Å². The zero-order chi connectivity index (χ0) is 30.3. The third-order valence-corrected chi connectivity index (χ3v) is 9.64. The zero-order valence-corrected chi connectivity index (χ0v) is 28.1. The molecule has 0 saturated carbocycles. The molecule has 240 valence electrons. The summed E-state index contributed by atoms with van der Waals surface area (Å²) in [5.41, 5.74) is 2.84. The Morgan fingerprint density at radius 1 is 0.674 bits per heavy atom. The number of likely N-dealkylation sites (tertiary alicyclic amines) is 1. The van der Waals surface area contributed by atoms with Gasteiger partial charge in [0.1, 0.15) is 24.7 Å². The molecule has 0 aromatic heterocycles. The van der Waals surface area contributed by atoms with E-state index in [0.29, 0.717) is 5.92 Å². The van der Waals surface area contributed by atoms with Gasteiger partial charge < -0.3 is 23.8 Å². The number of piperidine rings is 2. The lowest BCUT2D eigenvalue weighted by atomic mass is 9.89. The number of anilines is 1. The highest BCUT2D eigenvalue weighted by molar-refractivity contribution is 5.49. The van der Waals surface area contributed by atoms with Crippen LogP contribution in [0.4, 0.5) is 5.69 Å². The second kappa shape index (κ2) is 17.9. The molecule has 2 aromatic rings. The van der Waals surface area contributed by atoms with Crippen molar-refractivity contribution in [3.05, 3.63) is 54.1 Å². The van der Waals surface area contributed by atoms with Crippen LogP contribution in [-0.4, -0.2) is 83.0 Å². The molecule has 43 heavy (non-hydrogen) atoms. The summed E-state index contributed by atoms with van der Waals surface area (Å²) in [5, 5.41) is 0. The van der Waals surface area contributed by atoms with Gasteiger partial charge in [0.25, 0.3) is 0 Å². The summed E-state index contributed by atoms with van der Waals surface area (Å²) in [5.74, 6) is 3.61. The van der Waals surface area contributed by atoms with Crippen molar-refractivity contribution in [2.75, 3.05) is 78.5 Å². The maximum Gasteiger partial charge on any atom is 0.137 e. The van der Waals surface area contributed by atoms with Crippen LogP contribution >= 0.6 is 0 Å². The summed E-state index contributed by atoms with van der Waals surface area (Å²) < 4.78 is 12.9. The summed E-state index contributed by atoms with van der Waals surface area (Å²) in [6.45, 7) is 11.0. The van der Waals surface area contributed by atoms with Crippen LogP contribution in [-0.2, 0) is 0 Å². The molecule has 5 nitrogen and oxygen atoms in total. The molecule has 4 rings (SSSR count). The van der Waals surface area contributed by atoms with Gasteiger partial charge in [0, 0.05) is 18.8 Å². The fraction of sp³-hybridized carbons (Fsp3) is 0.684. The average molecular weight is 593 g/mol. The molecule has 2 heterocycles. The fourth-order valence-corrected chi connectivity index (χ4v) is 6.67. The standard InChI is InChI=1S/C38H62N3O2/c1-5-6-7-8-9-10-31-42-37-17-13-34(14-18-37)35-23-26-39(27-24-35)25-11-12-33-21-28-40(29-22-33)36-15-19-38(20-16-36)43-32-30-41(2,3)4/h13-20,33,35H,5-12,21-32H2,1-4H3/q+1. The predicted octanol–water partition coefficient (Wildman–Crippen LogP) is 8.39. The number of ether oxygens (including phenoxy) is 2. The van der Waals surface area contributed by atoms with Gasteiger partial charge in [-0.3, -0.25) is 0 Å². The molecule has 0 spiro atoms. The molecule has 2 aliphatic heterocycles. The van der Waals surface area contributed by atoms with Gasteiger partial charge in [-0.25, -0.2) is 0 Å². The SMILES string of the molecule is CCCCCCCCOc1ccc(C2CCN(CCCC3CCN(c4ccc(OCC[N+](C)(C)C)cc4)CC3)CC2)cc1. The van der Waals surface area contributed by atoms with Gasteiger partial charge in [0.15, 0.2) is 0 Å². The lowest BCUT2D eigenvalue weighted by Gasteiger charge is -2.35. The van der Waals surface area contributed by atoms with Crippen molar-refractivity contribution in [2.45, 2.75) is 89.9 Å². The quantitative estimate of drug-likeness (QED) is 0.128. The van der Waals surface area contributed by atoms with Crippen LogP contribution in [0, 0.1) is 5.92 Å². The van der Waals surface area contributed by atoms with Crippen LogP contribution in [0.15, 0.2) is 48.5 Å². The average Bonchev–Trinajstić information content (AvgIpc) is 3.01. The summed E-state index contributed by atoms with van der Waals surface area (Å²) >= 11 is 0. The Hall–Kier alpha value is -2.24. The summed E-state index contributed by atoms with van der Waals surface area (Å²) in [7, 11) is 6.61. The first-order chi connectivity index (χ1) is 20.9. The van der Waals surface area contributed by atoms with E-state index < -0.39 is 0 Å². The maximum absolute atomic E-state index is 6.00. The number of likely N-dealkylation sites (N-methyl/N-ethyl adjacent to an activating group) is 1. The predicted molar refractivity (Wildman–Crippen MR) is 183 cm³/mol. The molecule has 2 saturated heterocycles. The maximum atomic E-state index is 6.00. The minimum Gasteiger partial charge on any atom is -0.494 e. The molecule has 0 N–H and O–H groups in total. The van der Waals surface area contributed by atoms with E-state index in [1.807, 2.05) is 0 Å². The van der Waals surface area contributed by atoms with Crippen LogP contribution in [0.1, 0.15) is 95.5 Å². The summed E-state index contributed by atoms with van der Waals surface area (Å²) in [6, 6.07) is 17.8. The van der Waals surface area contributed by atoms with E-state index in [1.165, 1.54) is 121 Å². The molecule has 0 atom stereocenters. The number of hydrogen-bond donors (Lipinski definition) is 0. The van der Waals surface area contributed by atoms with Crippen molar-refractivity contribution in [2.24, 2.45) is 5.92 Å². The first-order valence-electron chi connectivity index (χ1n) is 17.6. The molecule has 0 radical (unpaired) electrons. The Morgan fingerprint density at radius 2 is 1.28 bits per heavy atom. The van der Waals surface area contributed by atoms with Crippen molar-refractivity contribution in [3.8, 4) is 11.5 Å². The number of rotatable bonds is 18. The van der Waals surface area contributed by atoms with E-state index in [0.717, 1.165) is 41.7 Å². The Bertz CT molecular complexity index is 1000. The van der Waals surface area contributed by atoms with Gasteiger partial charge in [0.2, 0.25) is 0 Å². The third-order valence-electron chi connectivity index (χ3n) is 9.64. The van der Waals surface area contributed by atoms with Crippen LogP contribution < -0.4 is 14.4 Å². The van der Waals surface area contributed by atoms with Crippen LogP contribution in [0.25, 0.3) is 0 Å². The molecular weight excluding hydrogens is 530 g/mol. The smallest absolute Gasteiger partial charge is 0.137 e. The zero-order valence-electron chi connectivity index (χ0n) is 28.1. The molecule has 2 aliphatic rings. The first kappa shape index (κ1) is 33.6. The molecule has 0 bridgehead atoms. The number of quaternary nitrogens is 1. The van der Waals surface area contributed by atoms with Crippen molar-refractivity contribution >= 4 is 5.69 Å². The van der Waals surface area contributed by atoms with Gasteiger partial charge in [-0.05, 0) is 118 Å². The number of nitrogens with zero attached hydrogens (tertiary/aromatic N) is 3. The molecule has 0 unspecified atom stereocenters. The highest BCUT2D eigenvalue weighted by atomic mass is 16.5. The molecule has 2 aromatic carbocycles. The lowest BCUT2D eigenvalue weighted by Crippen LogP contribution is -2.38. The Labute approximate surface area is 264 Å². The molecule has 5 heteroatoms. The third kappa shape index (κ3) is 12.3. The Morgan fingerprint density at radius 3 is 1.93 bits per heavy atom. The highest BCUT2D eigenvalue weighted by Crippen LogP contribution is 2.31. The van der Waals surface area contributed by atoms with Gasteiger partial charge in [-0.1, -0.05) is 51.2 Å². The molecule has 0 amide bonds. The minimum absolute atomic E-state index is 0.705. The van der Waals surface area contributed by atoms with Crippen molar-refractivity contribution in [3.63, 3.8) is 0 Å². The van der Waals surface area contributed by atoms with Gasteiger partial charge in [0.05, 0.1) is 27.7 Å². The van der Waals surface area contributed by atoms with Crippen LogP contribution in [0.5, 0.6) is 11.5 Å². The number of unbranched alkanes of at least 4 members (excludes halogenated alkanes) is 5. The van der Waals surface area contributed by atoms with Gasteiger partial charge in [-0.15, -0.1) is 0 Å². The first-order valence-corrected chi connectivity index (χ1v) is 17.6. The molecular formula is C38H62N3O2+. The fourth-order valence-electron chi connectivity index (χ4n) is 6.67. The van der Waals surface area contributed by atoms with E-state index in [4.69, 9.17) is 9.47 Å². The molecule has 0 aliphatic carbocycles. The topological polar surface area (TPSA) is 24.9 Å². The van der Waals surface area contributed by atoms with Gasteiger partial charge in [-0.2, -0.15) is 0 Å². The van der Waals surface area contributed by atoms with Crippen molar-refractivity contribution in [1.82, 2.24) is 4.90 Å². The highest BCUT2D eigenvalue weighted by Gasteiger charge is 2.22. The minimum atomic E-state index is 0.705. The largest absolute Gasteiger partial charge is 0.494 e. The second-order valence-corrected chi connectivity index (χ2v) is 14.2. The van der Waals surface area contributed by atoms with Gasteiger partial charge >= 0.3 is 0 Å². The normalized spacial score (nSPS) is 17.3. The Kier molecular flexibility index (Phi) is 14.0. The van der Waals surface area contributed by atoms with E-state index in [-0.39, 0.29) is 0 Å². The summed E-state index contributed by atoms with van der Waals surface area (Å²) in [4.78, 5) is 5.28. The van der Waals surface area contributed by atoms with Crippen molar-refractivity contribution in [1.29, 1.82) is 0 Å². The number of hydrogen-bond acceptors (Lipinski definition) is 4. The molecule has 2 fully saturated rings. The number of benzene rings is 2. The van der Waals surface area contributed by atoms with E-state index in [9.17, 15) is 0 Å². The van der Waals surface area contributed by atoms with E-state index >= 15 is 0 Å². The van der Waals surface area contributed by atoms with Crippen LogP contribution in [0.2, 0.25) is 0 Å². The lowest BCUT2D eigenvalue weighted by molar-refractivity contribution is -0.870. The second-order valence-electron chi connectivity index (χ2n) is 14.2. The monoisotopic (exact) mass is 592 g/mol. The van der Waals surface area contributed by atoms with E-state index in [2.05, 4.69) is 86.4 Å². The summed E-state index contributed by atoms with van der Waals surface area (Å²) in [6.07, 6.45) is 15.8. The Balaban J connectivity index is 1.05. The van der Waals surface area contributed by atoms with E-state index in [1.54, 1.807) is 0 Å².